The molecule has 1 saturated carbocycles. The maximum atomic E-state index is 13.3. The normalized spacial score (nSPS) is 18.7. The number of halogens is 1. The fourth-order valence-corrected chi connectivity index (χ4v) is 5.51. The Morgan fingerprint density at radius 3 is 2.64 bits per heavy atom. The molecule has 2 atom stereocenters. The molecule has 5 rings (SSSR count). The Morgan fingerprint density at radius 1 is 1.24 bits per heavy atom. The number of anilines is 1. The number of rotatable bonds is 8. The summed E-state index contributed by atoms with van der Waals surface area (Å²) in [4.78, 5) is 8.25. The highest BCUT2D eigenvalue weighted by atomic mass is 35.5. The van der Waals surface area contributed by atoms with Gasteiger partial charge in [-0.15, -0.1) is 10.2 Å². The number of fused-ring (bicyclic) bond motifs is 1. The third kappa shape index (κ3) is 3.89. The topological polar surface area (TPSA) is 141 Å². The molecule has 2 aliphatic rings. The van der Waals surface area contributed by atoms with Crippen molar-refractivity contribution < 1.29 is 13.2 Å². The third-order valence-electron chi connectivity index (χ3n) is 6.49. The number of aromatic nitrogens is 7. The van der Waals surface area contributed by atoms with E-state index < -0.39 is 21.4 Å². The van der Waals surface area contributed by atoms with E-state index in [4.69, 9.17) is 16.3 Å². The Bertz CT molecular complexity index is 1280. The highest BCUT2D eigenvalue weighted by Gasteiger charge is 2.45. The molecule has 0 amide bonds. The van der Waals surface area contributed by atoms with E-state index in [9.17, 15) is 8.42 Å². The van der Waals surface area contributed by atoms with Crippen LogP contribution in [0.2, 0.25) is 5.02 Å². The SMILES string of the molecule is CO[C@H](c1ncc(Cl)cn1)[C@H](C)S(=O)(=O)Nc1nnc(-c2n[nH]c3c2CCC3)n1C1(C)CC1. The average Bonchev–Trinajstić information content (AvgIpc) is 3.15. The summed E-state index contributed by atoms with van der Waals surface area (Å²) in [7, 11) is -2.53. The molecule has 1 fully saturated rings. The molecule has 2 N–H and O–H groups in total. The number of ether oxygens (including phenoxy) is 1. The second-order valence-corrected chi connectivity index (χ2v) is 11.3. The van der Waals surface area contributed by atoms with E-state index in [0.29, 0.717) is 10.8 Å². The van der Waals surface area contributed by atoms with Crippen molar-refractivity contribution in [3.63, 3.8) is 0 Å². The maximum Gasteiger partial charge on any atom is 0.240 e. The second-order valence-electron chi connectivity index (χ2n) is 8.83. The molecule has 3 aromatic rings. The van der Waals surface area contributed by atoms with Gasteiger partial charge in [0, 0.05) is 36.3 Å². The van der Waals surface area contributed by atoms with Crippen LogP contribution in [0, 0.1) is 0 Å². The van der Waals surface area contributed by atoms with Gasteiger partial charge in [0.2, 0.25) is 16.0 Å². The van der Waals surface area contributed by atoms with Gasteiger partial charge < -0.3 is 4.74 Å². The van der Waals surface area contributed by atoms with Crippen LogP contribution in [0.1, 0.15) is 56.3 Å². The predicted molar refractivity (Wildman–Crippen MR) is 121 cm³/mol. The van der Waals surface area contributed by atoms with Gasteiger partial charge in [0.25, 0.3) is 0 Å². The lowest BCUT2D eigenvalue weighted by Crippen LogP contribution is -2.34. The summed E-state index contributed by atoms with van der Waals surface area (Å²) in [5.41, 5.74) is 2.72. The van der Waals surface area contributed by atoms with Gasteiger partial charge in [0.15, 0.2) is 11.6 Å². The monoisotopic (exact) mass is 492 g/mol. The van der Waals surface area contributed by atoms with Crippen molar-refractivity contribution in [2.75, 3.05) is 11.8 Å². The molecule has 3 aromatic heterocycles. The van der Waals surface area contributed by atoms with E-state index >= 15 is 0 Å². The number of aromatic amines is 1. The Balaban J connectivity index is 1.48. The van der Waals surface area contributed by atoms with Crippen LogP contribution >= 0.6 is 11.6 Å². The lowest BCUT2D eigenvalue weighted by atomic mass is 10.2. The highest BCUT2D eigenvalue weighted by molar-refractivity contribution is 7.93. The minimum absolute atomic E-state index is 0.165. The molecule has 3 heterocycles. The zero-order chi connectivity index (χ0) is 23.4. The molecular weight excluding hydrogens is 468 g/mol. The van der Waals surface area contributed by atoms with Crippen molar-refractivity contribution in [3.05, 3.63) is 34.5 Å². The molecule has 33 heavy (non-hydrogen) atoms. The molecule has 0 aromatic carbocycles. The first-order valence-corrected chi connectivity index (χ1v) is 12.7. The van der Waals surface area contributed by atoms with Crippen LogP contribution in [0.15, 0.2) is 12.4 Å². The summed E-state index contributed by atoms with van der Waals surface area (Å²) in [6, 6.07) is 0. The van der Waals surface area contributed by atoms with Gasteiger partial charge in [-0.25, -0.2) is 18.4 Å². The Morgan fingerprint density at radius 2 is 1.97 bits per heavy atom. The first-order valence-electron chi connectivity index (χ1n) is 10.8. The molecule has 2 aliphatic carbocycles. The third-order valence-corrected chi connectivity index (χ3v) is 8.38. The largest absolute Gasteiger partial charge is 0.372 e. The van der Waals surface area contributed by atoms with Gasteiger partial charge in [-0.2, -0.15) is 5.10 Å². The van der Waals surface area contributed by atoms with Crippen LogP contribution < -0.4 is 4.72 Å². The average molecular weight is 493 g/mol. The van der Waals surface area contributed by atoms with Crippen LogP contribution in [-0.4, -0.2) is 55.7 Å². The van der Waals surface area contributed by atoms with E-state index in [2.05, 4.69) is 42.0 Å². The smallest absolute Gasteiger partial charge is 0.240 e. The van der Waals surface area contributed by atoms with E-state index in [0.717, 1.165) is 49.1 Å². The fourth-order valence-electron chi connectivity index (χ4n) is 4.28. The number of nitrogens with one attached hydrogen (secondary N) is 2. The number of methoxy groups -OCH3 is 1. The Kier molecular flexibility index (Phi) is 5.41. The number of H-pyrrole nitrogens is 1. The van der Waals surface area contributed by atoms with Crippen molar-refractivity contribution in [1.82, 2.24) is 34.9 Å². The van der Waals surface area contributed by atoms with Gasteiger partial charge in [-0.1, -0.05) is 11.6 Å². The van der Waals surface area contributed by atoms with E-state index in [1.54, 1.807) is 0 Å². The number of aryl methyl sites for hydroxylation is 1. The molecule has 0 bridgehead atoms. The molecule has 0 aliphatic heterocycles. The van der Waals surface area contributed by atoms with Crippen LogP contribution in [-0.2, 0) is 33.1 Å². The lowest BCUT2D eigenvalue weighted by Gasteiger charge is -2.23. The van der Waals surface area contributed by atoms with Gasteiger partial charge >= 0.3 is 0 Å². The summed E-state index contributed by atoms with van der Waals surface area (Å²) in [5.74, 6) is 0.964. The first kappa shape index (κ1) is 22.2. The minimum atomic E-state index is -3.94. The quantitative estimate of drug-likeness (QED) is 0.488. The van der Waals surface area contributed by atoms with Crippen molar-refractivity contribution >= 4 is 27.6 Å². The number of hydrogen-bond acceptors (Lipinski definition) is 8. The van der Waals surface area contributed by atoms with Crippen LogP contribution in [0.3, 0.4) is 0 Å². The van der Waals surface area contributed by atoms with E-state index in [1.165, 1.54) is 26.4 Å². The molecule has 176 valence electrons. The van der Waals surface area contributed by atoms with Crippen molar-refractivity contribution in [1.29, 1.82) is 0 Å². The zero-order valence-electron chi connectivity index (χ0n) is 18.5. The lowest BCUT2D eigenvalue weighted by molar-refractivity contribution is 0.0950. The summed E-state index contributed by atoms with van der Waals surface area (Å²) in [5, 5.41) is 15.5. The zero-order valence-corrected chi connectivity index (χ0v) is 20.1. The van der Waals surface area contributed by atoms with Gasteiger partial charge in [0.05, 0.1) is 5.02 Å². The van der Waals surface area contributed by atoms with Crippen LogP contribution in [0.25, 0.3) is 11.5 Å². The molecule has 13 heteroatoms. The second kappa shape index (κ2) is 8.03. The molecule has 0 radical (unpaired) electrons. The van der Waals surface area contributed by atoms with Crippen LogP contribution in [0.4, 0.5) is 5.95 Å². The van der Waals surface area contributed by atoms with Crippen molar-refractivity contribution in [3.8, 4) is 11.5 Å². The molecular formula is C20H25ClN8O3S. The first-order chi connectivity index (χ1) is 15.7. The van der Waals surface area contributed by atoms with Crippen LogP contribution in [0.5, 0.6) is 0 Å². The summed E-state index contributed by atoms with van der Waals surface area (Å²) in [6.07, 6.45) is 6.63. The standard InChI is InChI=1S/C20H25ClN8O3S/c1-11(16(32-3)17-22-9-12(21)10-23-17)33(30,31)28-19-27-26-18(29(19)20(2)7-8-20)15-13-5-4-6-14(13)24-25-15/h9-11,16H,4-8H2,1-3H3,(H,24,25)(H,27,28)/t11-,16-/m0/s1. The van der Waals surface area contributed by atoms with Gasteiger partial charge in [-0.3, -0.25) is 14.4 Å². The maximum absolute atomic E-state index is 13.3. The van der Waals surface area contributed by atoms with Gasteiger partial charge in [-0.05, 0) is 46.0 Å². The molecule has 0 spiro atoms. The van der Waals surface area contributed by atoms with E-state index in [-0.39, 0.29) is 17.3 Å². The number of sulfonamides is 1. The van der Waals surface area contributed by atoms with Gasteiger partial charge in [0.1, 0.15) is 17.0 Å². The fraction of sp³-hybridized carbons (Fsp3) is 0.550. The highest BCUT2D eigenvalue weighted by Crippen LogP contribution is 2.47. The van der Waals surface area contributed by atoms with Crippen molar-refractivity contribution in [2.24, 2.45) is 0 Å². The summed E-state index contributed by atoms with van der Waals surface area (Å²) in [6.45, 7) is 3.60. The molecule has 0 saturated heterocycles. The Hall–Kier alpha value is -2.57. The van der Waals surface area contributed by atoms with Crippen molar-refractivity contribution in [2.45, 2.75) is 62.8 Å². The summed E-state index contributed by atoms with van der Waals surface area (Å²) >= 11 is 5.86. The molecule has 0 unspecified atom stereocenters. The predicted octanol–water partition coefficient (Wildman–Crippen LogP) is 2.63. The number of hydrogen-bond donors (Lipinski definition) is 2. The Labute approximate surface area is 196 Å². The number of nitrogens with zero attached hydrogens (tertiary/aromatic N) is 6. The minimum Gasteiger partial charge on any atom is -0.372 e. The summed E-state index contributed by atoms with van der Waals surface area (Å²) < 4.78 is 36.6. The van der Waals surface area contributed by atoms with E-state index in [1.807, 2.05) is 4.57 Å². The molecule has 11 nitrogen and oxygen atoms in total.